The highest BCUT2D eigenvalue weighted by atomic mass is 35.5. The van der Waals surface area contributed by atoms with E-state index in [1.807, 2.05) is 0 Å². The standard InChI is InChI=1S/C9H6ClF3O3/c10-6-2-1-4(9(11,12)13)3-5(6)7(14)8(15)16/h1-3,7,14H,(H,15,16)/t7-/m1/s1. The minimum Gasteiger partial charge on any atom is -0.479 e. The minimum atomic E-state index is -4.61. The van der Waals surface area contributed by atoms with Crippen LogP contribution in [0.1, 0.15) is 17.2 Å². The van der Waals surface area contributed by atoms with Gasteiger partial charge in [0.15, 0.2) is 6.10 Å². The number of hydrogen-bond donors (Lipinski definition) is 2. The molecule has 0 spiro atoms. The predicted molar refractivity (Wildman–Crippen MR) is 49.0 cm³/mol. The lowest BCUT2D eigenvalue weighted by molar-refractivity contribution is -0.147. The van der Waals surface area contributed by atoms with E-state index >= 15 is 0 Å². The van der Waals surface area contributed by atoms with Crippen molar-refractivity contribution in [3.05, 3.63) is 34.3 Å². The first-order chi connectivity index (χ1) is 7.23. The number of aliphatic carboxylic acids is 1. The lowest BCUT2D eigenvalue weighted by atomic mass is 10.1. The van der Waals surface area contributed by atoms with Crippen molar-refractivity contribution in [2.24, 2.45) is 0 Å². The van der Waals surface area contributed by atoms with Gasteiger partial charge < -0.3 is 10.2 Å². The van der Waals surface area contributed by atoms with E-state index in [-0.39, 0.29) is 5.02 Å². The van der Waals surface area contributed by atoms with Gasteiger partial charge >= 0.3 is 12.1 Å². The summed E-state index contributed by atoms with van der Waals surface area (Å²) in [7, 11) is 0. The summed E-state index contributed by atoms with van der Waals surface area (Å²) in [5.41, 5.74) is -1.55. The van der Waals surface area contributed by atoms with Gasteiger partial charge in [0.25, 0.3) is 0 Å². The Bertz CT molecular complexity index is 417. The van der Waals surface area contributed by atoms with Gasteiger partial charge in [0, 0.05) is 10.6 Å². The van der Waals surface area contributed by atoms with Crippen LogP contribution in [-0.4, -0.2) is 16.2 Å². The van der Waals surface area contributed by atoms with Gasteiger partial charge in [0.05, 0.1) is 5.56 Å². The maximum Gasteiger partial charge on any atom is 0.416 e. The summed E-state index contributed by atoms with van der Waals surface area (Å²) >= 11 is 5.49. The van der Waals surface area contributed by atoms with Gasteiger partial charge in [-0.25, -0.2) is 4.79 Å². The highest BCUT2D eigenvalue weighted by Crippen LogP contribution is 2.33. The van der Waals surface area contributed by atoms with Gasteiger partial charge in [0.2, 0.25) is 0 Å². The lowest BCUT2D eigenvalue weighted by Crippen LogP contribution is -2.13. The van der Waals surface area contributed by atoms with E-state index in [9.17, 15) is 18.0 Å². The predicted octanol–water partition coefficient (Wildman–Crippen LogP) is 2.48. The SMILES string of the molecule is O=C(O)[C@H](O)c1cc(C(F)(F)F)ccc1Cl. The van der Waals surface area contributed by atoms with Crippen LogP contribution in [0.5, 0.6) is 0 Å². The van der Waals surface area contributed by atoms with E-state index in [0.717, 1.165) is 6.07 Å². The van der Waals surface area contributed by atoms with Crippen molar-refractivity contribution in [3.63, 3.8) is 0 Å². The van der Waals surface area contributed by atoms with Crippen LogP contribution in [0.25, 0.3) is 0 Å². The molecule has 0 saturated carbocycles. The molecule has 1 rings (SSSR count). The second kappa shape index (κ2) is 4.31. The van der Waals surface area contributed by atoms with Crippen molar-refractivity contribution in [1.29, 1.82) is 0 Å². The molecule has 0 amide bonds. The molecule has 0 aliphatic rings. The fourth-order valence-electron chi connectivity index (χ4n) is 1.06. The summed E-state index contributed by atoms with van der Waals surface area (Å²) < 4.78 is 36.9. The Labute approximate surface area is 93.1 Å². The van der Waals surface area contributed by atoms with Crippen molar-refractivity contribution in [3.8, 4) is 0 Å². The van der Waals surface area contributed by atoms with Gasteiger partial charge in [-0.1, -0.05) is 11.6 Å². The van der Waals surface area contributed by atoms with Gasteiger partial charge in [-0.3, -0.25) is 0 Å². The molecule has 0 aromatic heterocycles. The van der Waals surface area contributed by atoms with E-state index in [0.29, 0.717) is 12.1 Å². The maximum absolute atomic E-state index is 12.3. The maximum atomic E-state index is 12.3. The zero-order valence-corrected chi connectivity index (χ0v) is 8.38. The third-order valence-electron chi connectivity index (χ3n) is 1.85. The van der Waals surface area contributed by atoms with E-state index < -0.39 is 29.4 Å². The molecule has 0 unspecified atom stereocenters. The Morgan fingerprint density at radius 3 is 2.38 bits per heavy atom. The normalized spacial score (nSPS) is 13.6. The first-order valence-electron chi connectivity index (χ1n) is 4.01. The van der Waals surface area contributed by atoms with Gasteiger partial charge in [0.1, 0.15) is 0 Å². The number of aliphatic hydroxyl groups is 1. The smallest absolute Gasteiger partial charge is 0.416 e. The van der Waals surface area contributed by atoms with E-state index in [1.165, 1.54) is 0 Å². The zero-order chi connectivity index (χ0) is 12.5. The van der Waals surface area contributed by atoms with E-state index in [2.05, 4.69) is 0 Å². The number of benzene rings is 1. The number of halogens is 4. The monoisotopic (exact) mass is 254 g/mol. The molecule has 1 atom stereocenters. The highest BCUT2D eigenvalue weighted by Gasteiger charge is 2.32. The third kappa shape index (κ3) is 2.65. The molecule has 0 heterocycles. The zero-order valence-electron chi connectivity index (χ0n) is 7.62. The Hall–Kier alpha value is -1.27. The van der Waals surface area contributed by atoms with Crippen LogP contribution < -0.4 is 0 Å². The second-order valence-electron chi connectivity index (χ2n) is 2.97. The summed E-state index contributed by atoms with van der Waals surface area (Å²) in [6.45, 7) is 0. The third-order valence-corrected chi connectivity index (χ3v) is 2.20. The van der Waals surface area contributed by atoms with Crippen LogP contribution in [-0.2, 0) is 11.0 Å². The molecule has 0 bridgehead atoms. The first-order valence-corrected chi connectivity index (χ1v) is 4.39. The largest absolute Gasteiger partial charge is 0.479 e. The lowest BCUT2D eigenvalue weighted by Gasteiger charge is -2.12. The van der Waals surface area contributed by atoms with Gasteiger partial charge in [-0.2, -0.15) is 13.2 Å². The number of carboxylic acids is 1. The van der Waals surface area contributed by atoms with Crippen molar-refractivity contribution < 1.29 is 28.2 Å². The van der Waals surface area contributed by atoms with E-state index in [4.69, 9.17) is 21.8 Å². The molecular weight excluding hydrogens is 249 g/mol. The van der Waals surface area contributed by atoms with Gasteiger partial charge in [-0.05, 0) is 18.2 Å². The molecule has 3 nitrogen and oxygen atoms in total. The Balaban J connectivity index is 3.24. The minimum absolute atomic E-state index is 0.233. The molecule has 0 radical (unpaired) electrons. The van der Waals surface area contributed by atoms with Crippen LogP contribution in [0.4, 0.5) is 13.2 Å². The molecular formula is C9H6ClF3O3. The highest BCUT2D eigenvalue weighted by molar-refractivity contribution is 6.31. The summed E-state index contributed by atoms with van der Waals surface area (Å²) in [4.78, 5) is 10.4. The second-order valence-corrected chi connectivity index (χ2v) is 3.38. The average molecular weight is 255 g/mol. The molecule has 1 aromatic rings. The Morgan fingerprint density at radius 1 is 1.38 bits per heavy atom. The number of carboxylic acid groups (broad SMARTS) is 1. The number of hydrogen-bond acceptors (Lipinski definition) is 2. The Morgan fingerprint density at radius 2 is 1.94 bits per heavy atom. The number of aliphatic hydroxyl groups excluding tert-OH is 1. The van der Waals surface area contributed by atoms with Crippen molar-refractivity contribution in [1.82, 2.24) is 0 Å². The fourth-order valence-corrected chi connectivity index (χ4v) is 1.28. The number of carbonyl (C=O) groups is 1. The molecule has 16 heavy (non-hydrogen) atoms. The van der Waals surface area contributed by atoms with Crippen LogP contribution in [0.3, 0.4) is 0 Å². The first kappa shape index (κ1) is 12.8. The number of rotatable bonds is 2. The van der Waals surface area contributed by atoms with Crippen LogP contribution in [0, 0.1) is 0 Å². The van der Waals surface area contributed by atoms with Crippen LogP contribution in [0.2, 0.25) is 5.02 Å². The quantitative estimate of drug-likeness (QED) is 0.852. The van der Waals surface area contributed by atoms with Crippen LogP contribution in [0.15, 0.2) is 18.2 Å². The molecule has 88 valence electrons. The molecule has 7 heteroatoms. The van der Waals surface area contributed by atoms with Crippen molar-refractivity contribution in [2.45, 2.75) is 12.3 Å². The summed E-state index contributed by atoms with van der Waals surface area (Å²) in [6.07, 6.45) is -6.69. The van der Waals surface area contributed by atoms with Crippen LogP contribution >= 0.6 is 11.6 Å². The molecule has 0 aliphatic carbocycles. The topological polar surface area (TPSA) is 57.5 Å². The molecule has 0 aliphatic heterocycles. The molecule has 0 fully saturated rings. The average Bonchev–Trinajstić information content (AvgIpc) is 2.15. The molecule has 0 saturated heterocycles. The van der Waals surface area contributed by atoms with E-state index in [1.54, 1.807) is 0 Å². The van der Waals surface area contributed by atoms with Crippen molar-refractivity contribution >= 4 is 17.6 Å². The van der Waals surface area contributed by atoms with Gasteiger partial charge in [-0.15, -0.1) is 0 Å². The number of alkyl halides is 3. The molecule has 1 aromatic carbocycles. The summed E-state index contributed by atoms with van der Waals surface area (Å²) in [6, 6.07) is 2.12. The summed E-state index contributed by atoms with van der Waals surface area (Å²) in [5.74, 6) is -1.67. The Kier molecular flexibility index (Phi) is 3.44. The molecule has 2 N–H and O–H groups in total. The fraction of sp³-hybridized carbons (Fsp3) is 0.222. The summed E-state index contributed by atoms with van der Waals surface area (Å²) in [5, 5.41) is 17.3. The van der Waals surface area contributed by atoms with Crippen molar-refractivity contribution in [2.75, 3.05) is 0 Å².